The van der Waals surface area contributed by atoms with Gasteiger partial charge in [0.05, 0.1) is 0 Å². The van der Waals surface area contributed by atoms with Crippen LogP contribution in [-0.2, 0) is 19.4 Å². The van der Waals surface area contributed by atoms with Crippen LogP contribution in [0.15, 0.2) is 66.7 Å². The Morgan fingerprint density at radius 2 is 1.52 bits per heavy atom. The van der Waals surface area contributed by atoms with Crippen molar-refractivity contribution in [2.24, 2.45) is 0 Å². The van der Waals surface area contributed by atoms with Crippen molar-refractivity contribution in [1.82, 2.24) is 10.2 Å². The average molecular weight is 620 g/mol. The van der Waals surface area contributed by atoms with E-state index in [0.29, 0.717) is 19.3 Å². The summed E-state index contributed by atoms with van der Waals surface area (Å²) >= 11 is 0. The number of nitrogens with one attached hydrogen (secondary N) is 1. The molecule has 1 aliphatic rings. The minimum Gasteiger partial charge on any atom is -0.504 e. The highest BCUT2D eigenvalue weighted by molar-refractivity contribution is 5.85. The van der Waals surface area contributed by atoms with Crippen LogP contribution in [0, 0.1) is 0 Å². The predicted molar refractivity (Wildman–Crippen MR) is 176 cm³/mol. The van der Waals surface area contributed by atoms with E-state index in [4.69, 9.17) is 9.47 Å². The van der Waals surface area contributed by atoms with Crippen LogP contribution in [0.5, 0.6) is 23.0 Å². The van der Waals surface area contributed by atoms with E-state index in [-0.39, 0.29) is 36.3 Å². The van der Waals surface area contributed by atoms with Crippen LogP contribution in [0.25, 0.3) is 0 Å². The van der Waals surface area contributed by atoms with Crippen molar-refractivity contribution in [2.75, 3.05) is 32.8 Å². The SMILES string of the molecule is CCCN(CCCCCCNCCOc1ccc(OCc2ccccc2)cc1)[C@H]1CCc2c(ccc(O)c2O)C1.Cl.Cl. The number of hydrogen-bond acceptors (Lipinski definition) is 6. The quantitative estimate of drug-likeness (QED) is 0.109. The van der Waals surface area contributed by atoms with Crippen molar-refractivity contribution in [3.05, 3.63) is 83.4 Å². The smallest absolute Gasteiger partial charge is 0.160 e. The summed E-state index contributed by atoms with van der Waals surface area (Å²) in [4.78, 5) is 2.64. The molecule has 3 aromatic carbocycles. The first kappa shape index (κ1) is 35.6. The number of fused-ring (bicyclic) bond motifs is 1. The van der Waals surface area contributed by atoms with Gasteiger partial charge in [0.15, 0.2) is 11.5 Å². The number of phenols is 2. The van der Waals surface area contributed by atoms with Crippen LogP contribution in [0.4, 0.5) is 0 Å². The molecule has 3 aromatic rings. The van der Waals surface area contributed by atoms with Crippen LogP contribution in [-0.4, -0.2) is 53.9 Å². The Labute approximate surface area is 264 Å². The molecule has 0 heterocycles. The van der Waals surface area contributed by atoms with Crippen LogP contribution in [0.1, 0.15) is 62.1 Å². The second-order valence-electron chi connectivity index (χ2n) is 10.8. The maximum Gasteiger partial charge on any atom is 0.160 e. The van der Waals surface area contributed by atoms with E-state index in [1.165, 1.54) is 31.2 Å². The molecule has 0 bridgehead atoms. The van der Waals surface area contributed by atoms with E-state index < -0.39 is 0 Å². The van der Waals surface area contributed by atoms with Gasteiger partial charge in [-0.3, -0.25) is 0 Å². The van der Waals surface area contributed by atoms with Gasteiger partial charge in [-0.2, -0.15) is 0 Å². The molecule has 0 spiro atoms. The highest BCUT2D eigenvalue weighted by Gasteiger charge is 2.26. The fraction of sp³-hybridized carbons (Fsp3) is 0.471. The topological polar surface area (TPSA) is 74.2 Å². The third-order valence-corrected chi connectivity index (χ3v) is 7.74. The predicted octanol–water partition coefficient (Wildman–Crippen LogP) is 7.32. The van der Waals surface area contributed by atoms with Gasteiger partial charge in [-0.05, 0) is 99.6 Å². The van der Waals surface area contributed by atoms with Crippen molar-refractivity contribution in [3.8, 4) is 23.0 Å². The summed E-state index contributed by atoms with van der Waals surface area (Å²) < 4.78 is 11.7. The summed E-state index contributed by atoms with van der Waals surface area (Å²) in [6.45, 7) is 7.58. The molecular weight excluding hydrogens is 571 g/mol. The largest absolute Gasteiger partial charge is 0.504 e. The molecule has 4 rings (SSSR count). The van der Waals surface area contributed by atoms with E-state index in [1.54, 1.807) is 6.07 Å². The van der Waals surface area contributed by atoms with Crippen LogP contribution >= 0.6 is 24.8 Å². The number of rotatable bonds is 17. The zero-order valence-electron chi connectivity index (χ0n) is 24.8. The molecule has 8 heteroatoms. The van der Waals surface area contributed by atoms with Crippen LogP contribution < -0.4 is 14.8 Å². The Morgan fingerprint density at radius 3 is 2.26 bits per heavy atom. The van der Waals surface area contributed by atoms with E-state index in [9.17, 15) is 10.2 Å². The summed E-state index contributed by atoms with van der Waals surface area (Å²) in [5, 5.41) is 23.5. The van der Waals surface area contributed by atoms with E-state index in [1.807, 2.05) is 48.5 Å². The Balaban J connectivity index is 0.00000308. The van der Waals surface area contributed by atoms with Gasteiger partial charge in [-0.25, -0.2) is 0 Å². The Kier molecular flexibility index (Phi) is 16.5. The molecule has 0 aromatic heterocycles. The first-order chi connectivity index (χ1) is 19.6. The lowest BCUT2D eigenvalue weighted by atomic mass is 9.86. The second-order valence-corrected chi connectivity index (χ2v) is 10.8. The van der Waals surface area contributed by atoms with E-state index in [2.05, 4.69) is 29.3 Å². The lowest BCUT2D eigenvalue weighted by Crippen LogP contribution is -2.40. The molecule has 6 nitrogen and oxygen atoms in total. The van der Waals surface area contributed by atoms with Gasteiger partial charge in [0.25, 0.3) is 0 Å². The first-order valence-electron chi connectivity index (χ1n) is 15.0. The number of phenolic OH excluding ortho intramolecular Hbond substituents is 2. The molecule has 0 saturated carbocycles. The van der Waals surface area contributed by atoms with Crippen molar-refractivity contribution >= 4 is 24.8 Å². The monoisotopic (exact) mass is 618 g/mol. The Hall–Kier alpha value is -2.64. The number of nitrogens with zero attached hydrogens (tertiary/aromatic N) is 1. The molecule has 42 heavy (non-hydrogen) atoms. The number of ether oxygens (including phenoxy) is 2. The summed E-state index contributed by atoms with van der Waals surface area (Å²) in [5.41, 5.74) is 3.28. The van der Waals surface area contributed by atoms with Gasteiger partial charge < -0.3 is 29.9 Å². The molecule has 232 valence electrons. The molecule has 1 atom stereocenters. The second kappa shape index (κ2) is 19.5. The molecule has 0 aliphatic heterocycles. The van der Waals surface area contributed by atoms with Crippen molar-refractivity contribution in [1.29, 1.82) is 0 Å². The van der Waals surface area contributed by atoms with Gasteiger partial charge in [0.2, 0.25) is 0 Å². The number of unbranched alkanes of at least 4 members (excludes halogenated alkanes) is 3. The van der Waals surface area contributed by atoms with Gasteiger partial charge in [0.1, 0.15) is 24.7 Å². The number of benzene rings is 3. The molecule has 0 fully saturated rings. The zero-order chi connectivity index (χ0) is 28.0. The summed E-state index contributed by atoms with van der Waals surface area (Å²) in [7, 11) is 0. The average Bonchev–Trinajstić information content (AvgIpc) is 2.99. The van der Waals surface area contributed by atoms with Crippen molar-refractivity contribution < 1.29 is 19.7 Å². The Bertz CT molecular complexity index is 1150. The zero-order valence-corrected chi connectivity index (χ0v) is 26.4. The standard InChI is InChI=1S/C34H46N2O4.2ClH/c1-2-22-36(29-13-18-32-28(25-29)12-19-33(37)34(32)38)23-9-4-3-8-20-35-21-24-39-30-14-16-31(17-15-30)40-26-27-10-6-5-7-11-27;;/h5-7,10-12,14-17,19,29,35,37-38H,2-4,8-9,13,18,20-26H2,1H3;2*1H/t29-;;/m0../s1. The highest BCUT2D eigenvalue weighted by atomic mass is 35.5. The molecule has 0 radical (unpaired) electrons. The third kappa shape index (κ3) is 11.2. The number of hydrogen-bond donors (Lipinski definition) is 3. The minimum absolute atomic E-state index is 0. The molecule has 0 unspecified atom stereocenters. The maximum atomic E-state index is 10.2. The first-order valence-corrected chi connectivity index (χ1v) is 15.0. The van der Waals surface area contributed by atoms with Crippen molar-refractivity contribution in [2.45, 2.75) is 70.9 Å². The van der Waals surface area contributed by atoms with Crippen molar-refractivity contribution in [3.63, 3.8) is 0 Å². The minimum atomic E-state index is 0. The molecule has 1 aliphatic carbocycles. The van der Waals surface area contributed by atoms with Crippen LogP contribution in [0.3, 0.4) is 0 Å². The van der Waals surface area contributed by atoms with Gasteiger partial charge in [0, 0.05) is 18.2 Å². The van der Waals surface area contributed by atoms with Gasteiger partial charge in [-0.15, -0.1) is 24.8 Å². The number of aromatic hydroxyl groups is 2. The fourth-order valence-corrected chi connectivity index (χ4v) is 5.54. The lowest BCUT2D eigenvalue weighted by Gasteiger charge is -2.35. The normalized spacial score (nSPS) is 14.0. The van der Waals surface area contributed by atoms with Crippen LogP contribution in [0.2, 0.25) is 0 Å². The van der Waals surface area contributed by atoms with Gasteiger partial charge in [-0.1, -0.05) is 56.2 Å². The molecule has 0 saturated heterocycles. The summed E-state index contributed by atoms with van der Waals surface area (Å²) in [6, 6.07) is 22.1. The summed E-state index contributed by atoms with van der Waals surface area (Å²) in [6.07, 6.45) is 8.88. The maximum absolute atomic E-state index is 10.2. The van der Waals surface area contributed by atoms with E-state index >= 15 is 0 Å². The third-order valence-electron chi connectivity index (χ3n) is 7.74. The molecule has 0 amide bonds. The molecular formula is C34H48Cl2N2O4. The number of halogens is 2. The van der Waals surface area contributed by atoms with E-state index in [0.717, 1.165) is 74.5 Å². The highest BCUT2D eigenvalue weighted by Crippen LogP contribution is 2.36. The summed E-state index contributed by atoms with van der Waals surface area (Å²) in [5.74, 6) is 1.79. The lowest BCUT2D eigenvalue weighted by molar-refractivity contribution is 0.175. The molecule has 3 N–H and O–H groups in total. The van der Waals surface area contributed by atoms with Gasteiger partial charge >= 0.3 is 0 Å². The fourth-order valence-electron chi connectivity index (χ4n) is 5.54. The Morgan fingerprint density at radius 1 is 0.810 bits per heavy atom.